The number of amides is 3. The van der Waals surface area contributed by atoms with Gasteiger partial charge < -0.3 is 25.0 Å². The van der Waals surface area contributed by atoms with E-state index in [1.807, 2.05) is 42.6 Å². The average molecular weight is 401 g/mol. The van der Waals surface area contributed by atoms with Gasteiger partial charge in [0.15, 0.2) is 11.5 Å². The van der Waals surface area contributed by atoms with E-state index >= 15 is 0 Å². The Morgan fingerprint density at radius 1 is 1.32 bits per heavy atom. The molecule has 148 valence electrons. The summed E-state index contributed by atoms with van der Waals surface area (Å²) in [4.78, 5) is 28.0. The number of nitrogens with zero attached hydrogens (tertiary/aromatic N) is 1. The van der Waals surface area contributed by atoms with E-state index in [1.54, 1.807) is 16.2 Å². The van der Waals surface area contributed by atoms with Crippen LogP contribution in [0.1, 0.15) is 36.2 Å². The standard InChI is InChI=1S/C20H23N3O4S/c1-2-15(13-5-6-17-18(10-13)27-12-26-17)21-20(25)22-16-7-8-23(19(16)24)11-14-4-3-9-28-14/h3-6,9-10,15-16H,2,7-8,11-12H2,1H3,(H2,21,22,25)/t15-,16?/m0/s1. The van der Waals surface area contributed by atoms with Crippen LogP contribution in [-0.4, -0.2) is 36.2 Å². The highest BCUT2D eigenvalue weighted by Gasteiger charge is 2.33. The number of hydrogen-bond acceptors (Lipinski definition) is 5. The molecule has 0 saturated carbocycles. The number of rotatable bonds is 6. The van der Waals surface area contributed by atoms with E-state index in [4.69, 9.17) is 9.47 Å². The molecule has 0 aliphatic carbocycles. The van der Waals surface area contributed by atoms with Gasteiger partial charge in [0.25, 0.3) is 0 Å². The minimum Gasteiger partial charge on any atom is -0.454 e. The molecule has 1 saturated heterocycles. The molecule has 8 heteroatoms. The van der Waals surface area contributed by atoms with Gasteiger partial charge in [0.05, 0.1) is 12.6 Å². The Hall–Kier alpha value is -2.74. The van der Waals surface area contributed by atoms with E-state index in [9.17, 15) is 9.59 Å². The maximum absolute atomic E-state index is 12.6. The first kappa shape index (κ1) is 18.6. The van der Waals surface area contributed by atoms with Gasteiger partial charge in [-0.1, -0.05) is 19.1 Å². The Kier molecular flexibility index (Phi) is 5.38. The molecule has 3 heterocycles. The maximum atomic E-state index is 12.6. The monoisotopic (exact) mass is 401 g/mol. The molecule has 28 heavy (non-hydrogen) atoms. The van der Waals surface area contributed by atoms with E-state index in [2.05, 4.69) is 10.6 Å². The Morgan fingerprint density at radius 2 is 2.18 bits per heavy atom. The van der Waals surface area contributed by atoms with Gasteiger partial charge in [-0.25, -0.2) is 4.79 Å². The number of carbonyl (C=O) groups is 2. The fourth-order valence-electron chi connectivity index (χ4n) is 3.53. The van der Waals surface area contributed by atoms with Crippen LogP contribution in [0, 0.1) is 0 Å². The fourth-order valence-corrected chi connectivity index (χ4v) is 4.25. The van der Waals surface area contributed by atoms with Crippen LogP contribution in [0.25, 0.3) is 0 Å². The SMILES string of the molecule is CC[C@H](NC(=O)NC1CCN(Cc2cccs2)C1=O)c1ccc2c(c1)OCO2. The molecular weight excluding hydrogens is 378 g/mol. The molecule has 0 bridgehead atoms. The van der Waals surface area contributed by atoms with Crippen LogP contribution in [0.4, 0.5) is 4.79 Å². The summed E-state index contributed by atoms with van der Waals surface area (Å²) in [6.07, 6.45) is 1.34. The molecule has 7 nitrogen and oxygen atoms in total. The van der Waals surface area contributed by atoms with Gasteiger partial charge in [-0.2, -0.15) is 0 Å². The third-order valence-corrected chi connectivity index (χ3v) is 5.90. The molecule has 2 aliphatic rings. The number of fused-ring (bicyclic) bond motifs is 1. The second kappa shape index (κ2) is 8.10. The first-order valence-electron chi connectivity index (χ1n) is 9.41. The summed E-state index contributed by atoms with van der Waals surface area (Å²) in [5.41, 5.74) is 0.943. The van der Waals surface area contributed by atoms with Gasteiger partial charge in [-0.05, 0) is 42.0 Å². The van der Waals surface area contributed by atoms with Crippen LogP contribution in [0.5, 0.6) is 11.5 Å². The van der Waals surface area contributed by atoms with Crippen LogP contribution in [0.3, 0.4) is 0 Å². The Morgan fingerprint density at radius 3 is 2.96 bits per heavy atom. The third-order valence-electron chi connectivity index (χ3n) is 5.04. The van der Waals surface area contributed by atoms with E-state index < -0.39 is 6.04 Å². The number of hydrogen-bond donors (Lipinski definition) is 2. The number of ether oxygens (including phenoxy) is 2. The number of urea groups is 1. The number of carbonyl (C=O) groups excluding carboxylic acids is 2. The van der Waals surface area contributed by atoms with Gasteiger partial charge in [0.1, 0.15) is 6.04 Å². The molecule has 2 aliphatic heterocycles. The molecule has 3 amide bonds. The zero-order valence-electron chi connectivity index (χ0n) is 15.6. The van der Waals surface area contributed by atoms with Crippen molar-refractivity contribution in [1.29, 1.82) is 0 Å². The first-order valence-corrected chi connectivity index (χ1v) is 10.3. The van der Waals surface area contributed by atoms with Crippen LogP contribution in [0.2, 0.25) is 0 Å². The highest BCUT2D eigenvalue weighted by molar-refractivity contribution is 7.09. The van der Waals surface area contributed by atoms with Crippen molar-refractivity contribution in [1.82, 2.24) is 15.5 Å². The predicted octanol–water partition coefficient (Wildman–Crippen LogP) is 3.03. The summed E-state index contributed by atoms with van der Waals surface area (Å²) in [6.45, 7) is 3.47. The van der Waals surface area contributed by atoms with Gasteiger partial charge >= 0.3 is 6.03 Å². The largest absolute Gasteiger partial charge is 0.454 e. The lowest BCUT2D eigenvalue weighted by atomic mass is 10.0. The van der Waals surface area contributed by atoms with Crippen LogP contribution < -0.4 is 20.1 Å². The highest BCUT2D eigenvalue weighted by atomic mass is 32.1. The average Bonchev–Trinajstić information content (AvgIpc) is 3.44. The molecular formula is C20H23N3O4S. The summed E-state index contributed by atoms with van der Waals surface area (Å²) in [5, 5.41) is 7.80. The molecule has 1 aromatic carbocycles. The smallest absolute Gasteiger partial charge is 0.315 e. The van der Waals surface area contributed by atoms with Crippen molar-refractivity contribution in [2.75, 3.05) is 13.3 Å². The molecule has 1 aromatic heterocycles. The summed E-state index contributed by atoms with van der Waals surface area (Å²) >= 11 is 1.63. The molecule has 0 radical (unpaired) electrons. The number of likely N-dealkylation sites (tertiary alicyclic amines) is 1. The van der Waals surface area contributed by atoms with Crippen molar-refractivity contribution in [3.63, 3.8) is 0 Å². The molecule has 2 aromatic rings. The number of benzene rings is 1. The predicted molar refractivity (Wildman–Crippen MR) is 105 cm³/mol. The van der Waals surface area contributed by atoms with Crippen LogP contribution >= 0.6 is 11.3 Å². The van der Waals surface area contributed by atoms with Crippen LogP contribution in [0.15, 0.2) is 35.7 Å². The summed E-state index contributed by atoms with van der Waals surface area (Å²) in [6, 6.07) is 8.67. The summed E-state index contributed by atoms with van der Waals surface area (Å²) in [7, 11) is 0. The van der Waals surface area contributed by atoms with E-state index in [0.717, 1.165) is 16.9 Å². The van der Waals surface area contributed by atoms with Crippen molar-refractivity contribution in [2.24, 2.45) is 0 Å². The maximum Gasteiger partial charge on any atom is 0.315 e. The fraction of sp³-hybridized carbons (Fsp3) is 0.400. The van der Waals surface area contributed by atoms with E-state index in [-0.39, 0.29) is 24.8 Å². The number of nitrogens with one attached hydrogen (secondary N) is 2. The van der Waals surface area contributed by atoms with Crippen molar-refractivity contribution >= 4 is 23.3 Å². The molecule has 1 fully saturated rings. The first-order chi connectivity index (χ1) is 13.6. The molecule has 2 N–H and O–H groups in total. The minimum atomic E-state index is -0.478. The lowest BCUT2D eigenvalue weighted by Gasteiger charge is -2.20. The zero-order valence-corrected chi connectivity index (χ0v) is 16.5. The van der Waals surface area contributed by atoms with Crippen molar-refractivity contribution in [3.8, 4) is 11.5 Å². The minimum absolute atomic E-state index is 0.0281. The Labute approximate surface area is 167 Å². The van der Waals surface area contributed by atoms with Gasteiger partial charge in [-0.15, -0.1) is 11.3 Å². The lowest BCUT2D eigenvalue weighted by molar-refractivity contribution is -0.129. The summed E-state index contributed by atoms with van der Waals surface area (Å²) in [5.74, 6) is 1.37. The second-order valence-corrected chi connectivity index (χ2v) is 7.90. The lowest BCUT2D eigenvalue weighted by Crippen LogP contribution is -2.46. The highest BCUT2D eigenvalue weighted by Crippen LogP contribution is 2.34. The molecule has 1 unspecified atom stereocenters. The Bertz CT molecular complexity index is 855. The van der Waals surface area contributed by atoms with Gasteiger partial charge in [-0.3, -0.25) is 4.79 Å². The summed E-state index contributed by atoms with van der Waals surface area (Å²) < 4.78 is 10.7. The topological polar surface area (TPSA) is 79.9 Å². The normalized spacial score (nSPS) is 19.0. The zero-order chi connectivity index (χ0) is 19.5. The Balaban J connectivity index is 1.33. The van der Waals surface area contributed by atoms with E-state index in [0.29, 0.717) is 31.0 Å². The van der Waals surface area contributed by atoms with Crippen LogP contribution in [-0.2, 0) is 11.3 Å². The number of thiophene rings is 1. The van der Waals surface area contributed by atoms with Crippen molar-refractivity contribution in [2.45, 2.75) is 38.4 Å². The van der Waals surface area contributed by atoms with Gasteiger partial charge in [0, 0.05) is 11.4 Å². The third kappa shape index (κ3) is 3.91. The van der Waals surface area contributed by atoms with Crippen molar-refractivity contribution in [3.05, 3.63) is 46.2 Å². The molecule has 2 atom stereocenters. The molecule has 4 rings (SSSR count). The van der Waals surface area contributed by atoms with E-state index in [1.165, 1.54) is 0 Å². The second-order valence-electron chi connectivity index (χ2n) is 6.87. The quantitative estimate of drug-likeness (QED) is 0.780. The molecule has 0 spiro atoms. The van der Waals surface area contributed by atoms with Crippen molar-refractivity contribution < 1.29 is 19.1 Å². The van der Waals surface area contributed by atoms with Gasteiger partial charge in [0.2, 0.25) is 12.7 Å².